The first-order valence-electron chi connectivity index (χ1n) is 5.27. The van der Waals surface area contributed by atoms with E-state index in [2.05, 4.69) is 0 Å². The molecule has 0 unspecified atom stereocenters. The van der Waals surface area contributed by atoms with E-state index in [1.54, 1.807) is 11.8 Å². The Morgan fingerprint density at radius 2 is 2.06 bits per heavy atom. The Morgan fingerprint density at radius 3 is 2.62 bits per heavy atom. The van der Waals surface area contributed by atoms with Crippen LogP contribution in [0.4, 0.5) is 0 Å². The maximum Gasteiger partial charge on any atom is 0.334 e. The molecule has 0 spiro atoms. The van der Waals surface area contributed by atoms with E-state index in [1.807, 2.05) is 42.7 Å². The third-order valence-electron chi connectivity index (χ3n) is 2.05. The van der Waals surface area contributed by atoms with E-state index >= 15 is 0 Å². The van der Waals surface area contributed by atoms with Crippen LogP contribution in [-0.2, 0) is 9.53 Å². The Balaban J connectivity index is 2.68. The van der Waals surface area contributed by atoms with Crippen LogP contribution in [0, 0.1) is 0 Å². The van der Waals surface area contributed by atoms with Crippen molar-refractivity contribution in [3.63, 3.8) is 0 Å². The van der Waals surface area contributed by atoms with E-state index < -0.39 is 0 Å². The Kier molecular flexibility index (Phi) is 5.72. The molecule has 0 N–H and O–H groups in total. The molecule has 0 saturated carbocycles. The SMILES string of the molecule is CCC/C(=C\Sc1ccccc1)C(=O)OC. The van der Waals surface area contributed by atoms with Crippen LogP contribution in [0.5, 0.6) is 0 Å². The number of carbonyl (C=O) groups excluding carboxylic acids is 1. The average Bonchev–Trinajstić information content (AvgIpc) is 2.34. The number of carbonyl (C=O) groups is 1. The van der Waals surface area contributed by atoms with Gasteiger partial charge in [0, 0.05) is 10.5 Å². The molecule has 0 aromatic heterocycles. The number of thioether (sulfide) groups is 1. The van der Waals surface area contributed by atoms with Crippen molar-refractivity contribution in [1.29, 1.82) is 0 Å². The van der Waals surface area contributed by atoms with Gasteiger partial charge >= 0.3 is 5.97 Å². The lowest BCUT2D eigenvalue weighted by molar-refractivity contribution is -0.136. The summed E-state index contributed by atoms with van der Waals surface area (Å²) in [5, 5.41) is 1.88. The Labute approximate surface area is 101 Å². The molecule has 1 rings (SSSR count). The van der Waals surface area contributed by atoms with Crippen molar-refractivity contribution in [3.05, 3.63) is 41.3 Å². The number of hydrogen-bond donors (Lipinski definition) is 0. The number of hydrogen-bond acceptors (Lipinski definition) is 3. The molecule has 0 heterocycles. The number of esters is 1. The molecule has 86 valence electrons. The maximum absolute atomic E-state index is 11.4. The molecule has 0 aliphatic rings. The summed E-state index contributed by atoms with van der Waals surface area (Å²) >= 11 is 1.55. The average molecular weight is 236 g/mol. The minimum atomic E-state index is -0.231. The maximum atomic E-state index is 11.4. The van der Waals surface area contributed by atoms with Crippen LogP contribution < -0.4 is 0 Å². The highest BCUT2D eigenvalue weighted by atomic mass is 32.2. The zero-order chi connectivity index (χ0) is 11.8. The van der Waals surface area contributed by atoms with Crippen molar-refractivity contribution >= 4 is 17.7 Å². The molecule has 0 fully saturated rings. The molecule has 0 amide bonds. The number of benzene rings is 1. The molecule has 0 aliphatic carbocycles. The second-order valence-electron chi connectivity index (χ2n) is 3.32. The van der Waals surface area contributed by atoms with E-state index in [1.165, 1.54) is 7.11 Å². The van der Waals surface area contributed by atoms with Gasteiger partial charge in [-0.1, -0.05) is 43.3 Å². The first kappa shape index (κ1) is 12.8. The van der Waals surface area contributed by atoms with Crippen LogP contribution in [0.3, 0.4) is 0 Å². The summed E-state index contributed by atoms with van der Waals surface area (Å²) in [6.45, 7) is 2.05. The van der Waals surface area contributed by atoms with Gasteiger partial charge in [-0.05, 0) is 24.0 Å². The molecule has 0 bridgehead atoms. The first-order valence-corrected chi connectivity index (χ1v) is 6.15. The minimum absolute atomic E-state index is 0.231. The third-order valence-corrected chi connectivity index (χ3v) is 2.99. The van der Waals surface area contributed by atoms with Crippen molar-refractivity contribution in [3.8, 4) is 0 Å². The van der Waals surface area contributed by atoms with E-state index in [-0.39, 0.29) is 5.97 Å². The van der Waals surface area contributed by atoms with Gasteiger partial charge in [0.05, 0.1) is 7.11 Å². The van der Waals surface area contributed by atoms with Crippen LogP contribution in [0.25, 0.3) is 0 Å². The highest BCUT2D eigenvalue weighted by molar-refractivity contribution is 8.02. The Morgan fingerprint density at radius 1 is 1.38 bits per heavy atom. The van der Waals surface area contributed by atoms with Gasteiger partial charge in [0.15, 0.2) is 0 Å². The monoisotopic (exact) mass is 236 g/mol. The predicted octanol–water partition coefficient (Wildman–Crippen LogP) is 3.64. The second-order valence-corrected chi connectivity index (χ2v) is 4.26. The van der Waals surface area contributed by atoms with Gasteiger partial charge in [0.1, 0.15) is 0 Å². The number of methoxy groups -OCH3 is 1. The van der Waals surface area contributed by atoms with E-state index in [4.69, 9.17) is 4.74 Å². The summed E-state index contributed by atoms with van der Waals surface area (Å²) in [5.74, 6) is -0.231. The van der Waals surface area contributed by atoms with Gasteiger partial charge < -0.3 is 4.74 Å². The largest absolute Gasteiger partial charge is 0.466 e. The van der Waals surface area contributed by atoms with Crippen LogP contribution in [0.1, 0.15) is 19.8 Å². The predicted molar refractivity (Wildman–Crippen MR) is 67.3 cm³/mol. The van der Waals surface area contributed by atoms with Crippen LogP contribution in [0.2, 0.25) is 0 Å². The van der Waals surface area contributed by atoms with Crippen LogP contribution in [0.15, 0.2) is 46.2 Å². The van der Waals surface area contributed by atoms with Gasteiger partial charge in [0.25, 0.3) is 0 Å². The molecular formula is C13H16O2S. The molecular weight excluding hydrogens is 220 g/mol. The van der Waals surface area contributed by atoms with E-state index in [9.17, 15) is 4.79 Å². The summed E-state index contributed by atoms with van der Waals surface area (Å²) in [6.07, 6.45) is 1.70. The zero-order valence-electron chi connectivity index (χ0n) is 9.60. The fourth-order valence-corrected chi connectivity index (χ4v) is 2.05. The molecule has 16 heavy (non-hydrogen) atoms. The Bertz CT molecular complexity index is 357. The molecule has 0 saturated heterocycles. The molecule has 0 aliphatic heterocycles. The number of ether oxygens (including phenoxy) is 1. The highest BCUT2D eigenvalue weighted by Gasteiger charge is 2.07. The van der Waals surface area contributed by atoms with Crippen molar-refractivity contribution in [2.45, 2.75) is 24.7 Å². The van der Waals surface area contributed by atoms with E-state index in [0.29, 0.717) is 0 Å². The molecule has 2 nitrogen and oxygen atoms in total. The lowest BCUT2D eigenvalue weighted by Crippen LogP contribution is -2.03. The quantitative estimate of drug-likeness (QED) is 0.443. The van der Waals surface area contributed by atoms with Crippen molar-refractivity contribution in [2.24, 2.45) is 0 Å². The molecule has 3 heteroatoms. The zero-order valence-corrected chi connectivity index (χ0v) is 10.4. The summed E-state index contributed by atoms with van der Waals surface area (Å²) in [4.78, 5) is 12.5. The summed E-state index contributed by atoms with van der Waals surface area (Å²) in [5.41, 5.74) is 0.735. The molecule has 1 aromatic carbocycles. The summed E-state index contributed by atoms with van der Waals surface area (Å²) < 4.78 is 4.73. The lowest BCUT2D eigenvalue weighted by Gasteiger charge is -2.03. The summed E-state index contributed by atoms with van der Waals surface area (Å²) in [6, 6.07) is 9.96. The summed E-state index contributed by atoms with van der Waals surface area (Å²) in [7, 11) is 1.42. The fraction of sp³-hybridized carbons (Fsp3) is 0.308. The lowest BCUT2D eigenvalue weighted by atomic mass is 10.2. The second kappa shape index (κ2) is 7.12. The topological polar surface area (TPSA) is 26.3 Å². The first-order chi connectivity index (χ1) is 7.77. The normalized spacial score (nSPS) is 11.2. The van der Waals surface area contributed by atoms with Crippen molar-refractivity contribution < 1.29 is 9.53 Å². The fourth-order valence-electron chi connectivity index (χ4n) is 1.25. The van der Waals surface area contributed by atoms with Crippen molar-refractivity contribution in [2.75, 3.05) is 7.11 Å². The number of rotatable bonds is 5. The molecule has 1 aromatic rings. The molecule has 0 radical (unpaired) electrons. The smallest absolute Gasteiger partial charge is 0.334 e. The van der Waals surface area contributed by atoms with Gasteiger partial charge in [-0.2, -0.15) is 0 Å². The molecule has 0 atom stereocenters. The van der Waals surface area contributed by atoms with Crippen LogP contribution in [-0.4, -0.2) is 13.1 Å². The third kappa shape index (κ3) is 4.11. The van der Waals surface area contributed by atoms with Gasteiger partial charge in [0.2, 0.25) is 0 Å². The van der Waals surface area contributed by atoms with Gasteiger partial charge in [-0.25, -0.2) is 4.79 Å². The van der Waals surface area contributed by atoms with Crippen molar-refractivity contribution in [1.82, 2.24) is 0 Å². The highest BCUT2D eigenvalue weighted by Crippen LogP contribution is 2.22. The van der Waals surface area contributed by atoms with Gasteiger partial charge in [-0.15, -0.1) is 0 Å². The van der Waals surface area contributed by atoms with E-state index in [0.717, 1.165) is 23.3 Å². The standard InChI is InChI=1S/C13H16O2S/c1-3-7-11(13(14)15-2)10-16-12-8-5-4-6-9-12/h4-6,8-10H,3,7H2,1-2H3/b11-10+. The minimum Gasteiger partial charge on any atom is -0.466 e. The Hall–Kier alpha value is -1.22. The van der Waals surface area contributed by atoms with Gasteiger partial charge in [-0.3, -0.25) is 0 Å². The van der Waals surface area contributed by atoms with Crippen LogP contribution >= 0.6 is 11.8 Å².